The fraction of sp³-hybridized carbons (Fsp3) is 0. The molecule has 0 bridgehead atoms. The first-order valence-electron chi connectivity index (χ1n) is 8.82. The molecule has 0 aliphatic carbocycles. The van der Waals surface area contributed by atoms with Crippen LogP contribution in [0.25, 0.3) is 6.08 Å². The number of nitro benzene ring substituents is 1. The average molecular weight is 466 g/mol. The van der Waals surface area contributed by atoms with E-state index >= 15 is 0 Å². The highest BCUT2D eigenvalue weighted by molar-refractivity contribution is 9.10. The Labute approximate surface area is 180 Å². The highest BCUT2D eigenvalue weighted by Crippen LogP contribution is 2.17. The Bertz CT molecular complexity index is 1130. The van der Waals surface area contributed by atoms with E-state index in [2.05, 4.69) is 26.6 Å². The second kappa shape index (κ2) is 9.62. The number of rotatable bonds is 6. The van der Waals surface area contributed by atoms with Crippen LogP contribution in [0.1, 0.15) is 15.9 Å². The molecule has 0 heterocycles. The number of halogens is 1. The van der Waals surface area contributed by atoms with Crippen molar-refractivity contribution >= 4 is 45.2 Å². The van der Waals surface area contributed by atoms with Gasteiger partial charge in [0.05, 0.1) is 4.92 Å². The second-order valence-corrected chi connectivity index (χ2v) is 7.11. The fourth-order valence-corrected chi connectivity index (χ4v) is 3.00. The molecule has 0 aliphatic rings. The van der Waals surface area contributed by atoms with Crippen molar-refractivity contribution in [1.82, 2.24) is 5.32 Å². The van der Waals surface area contributed by atoms with Gasteiger partial charge < -0.3 is 10.6 Å². The van der Waals surface area contributed by atoms with Crippen molar-refractivity contribution in [1.29, 1.82) is 0 Å². The number of nitrogens with zero attached hydrogens (tertiary/aromatic N) is 1. The van der Waals surface area contributed by atoms with Gasteiger partial charge in [0.25, 0.3) is 17.5 Å². The van der Waals surface area contributed by atoms with Gasteiger partial charge in [0.15, 0.2) is 0 Å². The SMILES string of the molecule is O=C(Nc1ccccc1)/C(=C/c1cccc([N+](=O)[O-])c1)NC(=O)c1cccc(Br)c1. The van der Waals surface area contributed by atoms with Crippen LogP contribution < -0.4 is 10.6 Å². The zero-order valence-electron chi connectivity index (χ0n) is 15.5. The maximum Gasteiger partial charge on any atom is 0.272 e. The number of hydrogen-bond acceptors (Lipinski definition) is 4. The molecule has 150 valence electrons. The lowest BCUT2D eigenvalue weighted by Gasteiger charge is -2.11. The van der Waals surface area contributed by atoms with Gasteiger partial charge in [-0.1, -0.05) is 52.3 Å². The summed E-state index contributed by atoms with van der Waals surface area (Å²) in [4.78, 5) is 36.0. The number of carbonyl (C=O) groups is 2. The van der Waals surface area contributed by atoms with Gasteiger partial charge in [0.2, 0.25) is 0 Å². The van der Waals surface area contributed by atoms with Crippen molar-refractivity contribution in [3.8, 4) is 0 Å². The molecule has 8 heteroatoms. The molecule has 0 unspecified atom stereocenters. The summed E-state index contributed by atoms with van der Waals surface area (Å²) >= 11 is 3.31. The Morgan fingerprint density at radius 1 is 0.933 bits per heavy atom. The van der Waals surface area contributed by atoms with E-state index in [1.165, 1.54) is 24.3 Å². The lowest BCUT2D eigenvalue weighted by molar-refractivity contribution is -0.384. The van der Waals surface area contributed by atoms with Gasteiger partial charge in [-0.2, -0.15) is 0 Å². The molecule has 2 amide bonds. The molecule has 0 aromatic heterocycles. The molecule has 30 heavy (non-hydrogen) atoms. The summed E-state index contributed by atoms with van der Waals surface area (Å²) in [6.45, 7) is 0. The third kappa shape index (κ3) is 5.62. The van der Waals surface area contributed by atoms with Crippen LogP contribution in [0.3, 0.4) is 0 Å². The van der Waals surface area contributed by atoms with Crippen LogP contribution in [0.2, 0.25) is 0 Å². The second-order valence-electron chi connectivity index (χ2n) is 6.19. The monoisotopic (exact) mass is 465 g/mol. The molecule has 3 aromatic rings. The summed E-state index contributed by atoms with van der Waals surface area (Å²) in [5.74, 6) is -1.05. The Hall–Kier alpha value is -3.78. The average Bonchev–Trinajstić information content (AvgIpc) is 2.74. The summed E-state index contributed by atoms with van der Waals surface area (Å²) in [7, 11) is 0. The van der Waals surface area contributed by atoms with Gasteiger partial charge in [0, 0.05) is 27.9 Å². The molecule has 0 saturated heterocycles. The number of para-hydroxylation sites is 1. The summed E-state index contributed by atoms with van der Waals surface area (Å²) in [6, 6.07) is 21.2. The third-order valence-corrected chi connectivity index (χ3v) is 4.50. The van der Waals surface area contributed by atoms with Crippen molar-refractivity contribution < 1.29 is 14.5 Å². The Morgan fingerprint density at radius 2 is 1.67 bits per heavy atom. The zero-order valence-corrected chi connectivity index (χ0v) is 17.1. The van der Waals surface area contributed by atoms with Crippen molar-refractivity contribution in [2.75, 3.05) is 5.32 Å². The maximum absolute atomic E-state index is 12.8. The predicted octanol–water partition coefficient (Wildman–Crippen LogP) is 4.77. The zero-order chi connectivity index (χ0) is 21.5. The quantitative estimate of drug-likeness (QED) is 0.311. The van der Waals surface area contributed by atoms with E-state index in [0.29, 0.717) is 21.3 Å². The van der Waals surface area contributed by atoms with E-state index in [-0.39, 0.29) is 11.4 Å². The van der Waals surface area contributed by atoms with Crippen molar-refractivity contribution in [2.45, 2.75) is 0 Å². The Balaban J connectivity index is 1.93. The minimum Gasteiger partial charge on any atom is -0.321 e. The number of carbonyl (C=O) groups excluding carboxylic acids is 2. The van der Waals surface area contributed by atoms with Gasteiger partial charge in [-0.25, -0.2) is 0 Å². The first kappa shape index (κ1) is 20.9. The predicted molar refractivity (Wildman–Crippen MR) is 118 cm³/mol. The van der Waals surface area contributed by atoms with E-state index < -0.39 is 16.7 Å². The fourth-order valence-electron chi connectivity index (χ4n) is 2.60. The number of benzene rings is 3. The standard InChI is InChI=1S/C22H16BrN3O4/c23-17-8-5-7-16(14-17)21(27)25-20(22(28)24-18-9-2-1-3-10-18)13-15-6-4-11-19(12-15)26(29)30/h1-14H,(H,24,28)(H,25,27)/b20-13-. The Morgan fingerprint density at radius 3 is 2.37 bits per heavy atom. The number of nitrogens with one attached hydrogen (secondary N) is 2. The molecule has 0 spiro atoms. The molecule has 0 saturated carbocycles. The summed E-state index contributed by atoms with van der Waals surface area (Å²) in [6.07, 6.45) is 1.39. The van der Waals surface area contributed by atoms with Crippen LogP contribution in [0.15, 0.2) is 89.0 Å². The van der Waals surface area contributed by atoms with Crippen LogP contribution in [-0.2, 0) is 4.79 Å². The van der Waals surface area contributed by atoms with E-state index in [9.17, 15) is 19.7 Å². The van der Waals surface area contributed by atoms with Crippen molar-refractivity contribution in [2.24, 2.45) is 0 Å². The highest BCUT2D eigenvalue weighted by Gasteiger charge is 2.16. The topological polar surface area (TPSA) is 101 Å². The van der Waals surface area contributed by atoms with Crippen LogP contribution in [-0.4, -0.2) is 16.7 Å². The van der Waals surface area contributed by atoms with Crippen molar-refractivity contribution in [3.05, 3.63) is 110 Å². The van der Waals surface area contributed by atoms with Crippen LogP contribution in [0.5, 0.6) is 0 Å². The summed E-state index contributed by atoms with van der Waals surface area (Å²) < 4.78 is 0.716. The van der Waals surface area contributed by atoms with E-state index in [1.807, 2.05) is 6.07 Å². The minimum absolute atomic E-state index is 0.0515. The largest absolute Gasteiger partial charge is 0.321 e. The third-order valence-electron chi connectivity index (χ3n) is 4.00. The number of nitro groups is 1. The molecule has 3 rings (SSSR count). The Kier molecular flexibility index (Phi) is 6.71. The summed E-state index contributed by atoms with van der Waals surface area (Å²) in [5.41, 5.74) is 1.12. The van der Waals surface area contributed by atoms with E-state index in [1.54, 1.807) is 54.6 Å². The lowest BCUT2D eigenvalue weighted by atomic mass is 10.1. The lowest BCUT2D eigenvalue weighted by Crippen LogP contribution is -2.30. The van der Waals surface area contributed by atoms with Gasteiger partial charge in [0.1, 0.15) is 5.70 Å². The molecule has 7 nitrogen and oxygen atoms in total. The van der Waals surface area contributed by atoms with E-state index in [0.717, 1.165) is 0 Å². The molecule has 3 aromatic carbocycles. The van der Waals surface area contributed by atoms with E-state index in [4.69, 9.17) is 0 Å². The molecule has 0 atom stereocenters. The van der Waals surface area contributed by atoms with Crippen LogP contribution in [0.4, 0.5) is 11.4 Å². The number of hydrogen-bond donors (Lipinski definition) is 2. The van der Waals surface area contributed by atoms with Gasteiger partial charge >= 0.3 is 0 Å². The van der Waals surface area contributed by atoms with Gasteiger partial charge in [-0.3, -0.25) is 19.7 Å². The van der Waals surface area contributed by atoms with Crippen LogP contribution in [0, 0.1) is 10.1 Å². The maximum atomic E-state index is 12.8. The molecular formula is C22H16BrN3O4. The number of non-ortho nitro benzene ring substituents is 1. The summed E-state index contributed by atoms with van der Waals surface area (Å²) in [5, 5.41) is 16.3. The molecule has 2 N–H and O–H groups in total. The van der Waals surface area contributed by atoms with Crippen LogP contribution >= 0.6 is 15.9 Å². The highest BCUT2D eigenvalue weighted by atomic mass is 79.9. The number of amides is 2. The minimum atomic E-state index is -0.559. The molecular weight excluding hydrogens is 450 g/mol. The molecule has 0 radical (unpaired) electrons. The number of anilines is 1. The molecule has 0 aliphatic heterocycles. The van der Waals surface area contributed by atoms with Gasteiger partial charge in [-0.05, 0) is 42.0 Å². The molecule has 0 fully saturated rings. The smallest absolute Gasteiger partial charge is 0.272 e. The van der Waals surface area contributed by atoms with Gasteiger partial charge in [-0.15, -0.1) is 0 Å². The first-order chi connectivity index (χ1) is 14.4. The van der Waals surface area contributed by atoms with Crippen molar-refractivity contribution in [3.63, 3.8) is 0 Å². The first-order valence-corrected chi connectivity index (χ1v) is 9.61. The normalized spacial score (nSPS) is 10.9.